The Morgan fingerprint density at radius 1 is 1.05 bits per heavy atom. The topological polar surface area (TPSA) is 78.4 Å². The molecule has 0 aliphatic heterocycles. The van der Waals surface area contributed by atoms with E-state index in [9.17, 15) is 14.7 Å². The lowest BCUT2D eigenvalue weighted by molar-refractivity contribution is -0.136. The van der Waals surface area contributed by atoms with Crippen molar-refractivity contribution in [3.05, 3.63) is 59.1 Å². The summed E-state index contributed by atoms with van der Waals surface area (Å²) in [7, 11) is 0. The summed E-state index contributed by atoms with van der Waals surface area (Å²) in [5, 5.41) is 14.7. The van der Waals surface area contributed by atoms with Crippen molar-refractivity contribution in [2.24, 2.45) is 0 Å². The average molecular weight is 305 g/mol. The number of phenols is 1. The molecule has 2 aromatic rings. The van der Waals surface area contributed by atoms with Crippen LogP contribution in [0, 0.1) is 0 Å². The van der Waals surface area contributed by atoms with Crippen molar-refractivity contribution in [2.75, 3.05) is 5.32 Å². The number of phenolic OH excluding ortho intramolecular Hbond substituents is 1. The van der Waals surface area contributed by atoms with Gasteiger partial charge >= 0.3 is 11.8 Å². The molecule has 0 fully saturated rings. The Labute approximate surface area is 126 Å². The zero-order valence-electron chi connectivity index (χ0n) is 11.0. The molecule has 0 saturated carbocycles. The number of rotatable bonds is 3. The van der Waals surface area contributed by atoms with Gasteiger partial charge in [0.15, 0.2) is 0 Å². The molecule has 0 radical (unpaired) electrons. The molecule has 0 spiro atoms. The fourth-order valence-electron chi connectivity index (χ4n) is 1.68. The third-order valence-electron chi connectivity index (χ3n) is 2.65. The number of carbonyl (C=O) groups excluding carboxylic acids is 2. The van der Waals surface area contributed by atoms with Crippen molar-refractivity contribution >= 4 is 29.1 Å². The summed E-state index contributed by atoms with van der Waals surface area (Å²) >= 11 is 5.83. The Balaban J connectivity index is 1.89. The molecule has 6 heteroatoms. The van der Waals surface area contributed by atoms with Crippen molar-refractivity contribution in [3.63, 3.8) is 0 Å². The molecule has 0 aromatic heterocycles. The van der Waals surface area contributed by atoms with Crippen LogP contribution < -0.4 is 10.6 Å². The van der Waals surface area contributed by atoms with Crippen LogP contribution in [0.1, 0.15) is 5.56 Å². The second-order valence-corrected chi connectivity index (χ2v) is 4.75. The van der Waals surface area contributed by atoms with E-state index >= 15 is 0 Å². The van der Waals surface area contributed by atoms with Crippen LogP contribution in [0.15, 0.2) is 48.5 Å². The van der Waals surface area contributed by atoms with Crippen molar-refractivity contribution in [1.82, 2.24) is 5.32 Å². The predicted octanol–water partition coefficient (Wildman–Crippen LogP) is 2.30. The van der Waals surface area contributed by atoms with Crippen LogP contribution in [0.5, 0.6) is 5.75 Å². The van der Waals surface area contributed by atoms with Gasteiger partial charge in [-0.05, 0) is 29.8 Å². The number of nitrogens with one attached hydrogen (secondary N) is 2. The van der Waals surface area contributed by atoms with E-state index in [0.29, 0.717) is 10.7 Å². The first kappa shape index (κ1) is 14.9. The van der Waals surface area contributed by atoms with E-state index in [0.717, 1.165) is 5.56 Å². The quantitative estimate of drug-likeness (QED) is 0.761. The van der Waals surface area contributed by atoms with Gasteiger partial charge in [0.1, 0.15) is 5.75 Å². The van der Waals surface area contributed by atoms with Gasteiger partial charge in [0.05, 0.1) is 0 Å². The number of amides is 2. The molecule has 0 aliphatic rings. The van der Waals surface area contributed by atoms with Crippen molar-refractivity contribution in [3.8, 4) is 5.75 Å². The first-order chi connectivity index (χ1) is 10.0. The number of hydrogen-bond acceptors (Lipinski definition) is 3. The zero-order valence-corrected chi connectivity index (χ0v) is 11.7. The van der Waals surface area contributed by atoms with Gasteiger partial charge in [0.2, 0.25) is 0 Å². The van der Waals surface area contributed by atoms with E-state index in [-0.39, 0.29) is 12.3 Å². The number of benzene rings is 2. The summed E-state index contributed by atoms with van der Waals surface area (Å²) in [5.74, 6) is -1.56. The molecule has 3 N–H and O–H groups in total. The Hall–Kier alpha value is -2.53. The number of anilines is 1. The van der Waals surface area contributed by atoms with E-state index in [2.05, 4.69) is 10.6 Å². The van der Waals surface area contributed by atoms with E-state index in [4.69, 9.17) is 11.6 Å². The fourth-order valence-corrected chi connectivity index (χ4v) is 1.89. The molecular weight excluding hydrogens is 292 g/mol. The number of halogens is 1. The van der Waals surface area contributed by atoms with Crippen LogP contribution in [0.2, 0.25) is 5.02 Å². The van der Waals surface area contributed by atoms with E-state index in [1.807, 2.05) is 0 Å². The van der Waals surface area contributed by atoms with Crippen LogP contribution in [0.4, 0.5) is 5.69 Å². The largest absolute Gasteiger partial charge is 0.508 e. The van der Waals surface area contributed by atoms with Gasteiger partial charge in [-0.15, -0.1) is 0 Å². The summed E-state index contributed by atoms with van der Waals surface area (Å²) in [5.41, 5.74) is 1.14. The van der Waals surface area contributed by atoms with E-state index in [1.165, 1.54) is 12.1 Å². The Kier molecular flexibility index (Phi) is 4.79. The van der Waals surface area contributed by atoms with Crippen LogP contribution in [0.25, 0.3) is 0 Å². The van der Waals surface area contributed by atoms with Crippen molar-refractivity contribution < 1.29 is 14.7 Å². The minimum absolute atomic E-state index is 0.00661. The second-order valence-electron chi connectivity index (χ2n) is 4.32. The Morgan fingerprint density at radius 2 is 1.81 bits per heavy atom. The molecule has 5 nitrogen and oxygen atoms in total. The molecule has 0 aliphatic carbocycles. The lowest BCUT2D eigenvalue weighted by atomic mass is 10.2. The Bertz CT molecular complexity index is 673. The third kappa shape index (κ3) is 4.50. The fraction of sp³-hybridized carbons (Fsp3) is 0.0667. The molecule has 2 aromatic carbocycles. The summed E-state index contributed by atoms with van der Waals surface area (Å²) < 4.78 is 0. The minimum atomic E-state index is -0.803. The maximum Gasteiger partial charge on any atom is 0.313 e. The average Bonchev–Trinajstić information content (AvgIpc) is 2.45. The van der Waals surface area contributed by atoms with Crippen LogP contribution in [0.3, 0.4) is 0 Å². The van der Waals surface area contributed by atoms with E-state index < -0.39 is 11.8 Å². The standard InChI is InChI=1S/C15H13ClN2O3/c16-11-4-1-3-10(7-11)9-17-14(20)15(21)18-12-5-2-6-13(19)8-12/h1-8,19H,9H2,(H,17,20)(H,18,21). The lowest BCUT2D eigenvalue weighted by Crippen LogP contribution is -2.34. The van der Waals surface area contributed by atoms with E-state index in [1.54, 1.807) is 36.4 Å². The van der Waals surface area contributed by atoms with Crippen LogP contribution in [-0.2, 0) is 16.1 Å². The van der Waals surface area contributed by atoms with Crippen molar-refractivity contribution in [2.45, 2.75) is 6.54 Å². The zero-order chi connectivity index (χ0) is 15.2. The summed E-state index contributed by atoms with van der Waals surface area (Å²) in [6, 6.07) is 12.9. The lowest BCUT2D eigenvalue weighted by Gasteiger charge is -2.07. The van der Waals surface area contributed by atoms with Gasteiger partial charge in [0, 0.05) is 23.3 Å². The monoisotopic (exact) mass is 304 g/mol. The number of carbonyl (C=O) groups is 2. The number of aromatic hydroxyl groups is 1. The van der Waals surface area contributed by atoms with Crippen molar-refractivity contribution in [1.29, 1.82) is 0 Å². The third-order valence-corrected chi connectivity index (χ3v) is 2.89. The van der Waals surface area contributed by atoms with Gasteiger partial charge in [0.25, 0.3) is 0 Å². The molecule has 21 heavy (non-hydrogen) atoms. The molecule has 2 amide bonds. The minimum Gasteiger partial charge on any atom is -0.508 e. The highest BCUT2D eigenvalue weighted by molar-refractivity contribution is 6.39. The van der Waals surface area contributed by atoms with Gasteiger partial charge in [-0.1, -0.05) is 29.8 Å². The predicted molar refractivity (Wildman–Crippen MR) is 80.0 cm³/mol. The highest BCUT2D eigenvalue weighted by Gasteiger charge is 2.13. The summed E-state index contributed by atoms with van der Waals surface area (Å²) in [6.07, 6.45) is 0. The molecule has 0 heterocycles. The first-order valence-corrected chi connectivity index (χ1v) is 6.55. The maximum absolute atomic E-state index is 11.7. The maximum atomic E-state index is 11.7. The molecule has 0 atom stereocenters. The molecule has 0 bridgehead atoms. The first-order valence-electron chi connectivity index (χ1n) is 6.17. The van der Waals surface area contributed by atoms with Crippen LogP contribution in [-0.4, -0.2) is 16.9 Å². The van der Waals surface area contributed by atoms with Gasteiger partial charge < -0.3 is 15.7 Å². The molecule has 108 valence electrons. The normalized spacial score (nSPS) is 9.95. The summed E-state index contributed by atoms with van der Waals surface area (Å²) in [6.45, 7) is 0.201. The highest BCUT2D eigenvalue weighted by Crippen LogP contribution is 2.15. The molecule has 0 unspecified atom stereocenters. The van der Waals surface area contributed by atoms with Gasteiger partial charge in [-0.2, -0.15) is 0 Å². The summed E-state index contributed by atoms with van der Waals surface area (Å²) in [4.78, 5) is 23.4. The smallest absolute Gasteiger partial charge is 0.313 e. The number of hydrogen-bond donors (Lipinski definition) is 3. The second kappa shape index (κ2) is 6.76. The Morgan fingerprint density at radius 3 is 2.52 bits per heavy atom. The van der Waals surface area contributed by atoms with Crippen LogP contribution >= 0.6 is 11.6 Å². The molecule has 2 rings (SSSR count). The van der Waals surface area contributed by atoms with Gasteiger partial charge in [-0.3, -0.25) is 9.59 Å². The van der Waals surface area contributed by atoms with Gasteiger partial charge in [-0.25, -0.2) is 0 Å². The SMILES string of the molecule is O=C(NCc1cccc(Cl)c1)C(=O)Nc1cccc(O)c1. The molecule has 0 saturated heterocycles. The molecular formula is C15H13ClN2O3. The highest BCUT2D eigenvalue weighted by atomic mass is 35.5.